The van der Waals surface area contributed by atoms with Gasteiger partial charge < -0.3 is 9.32 Å². The quantitative estimate of drug-likeness (QED) is 0.732. The summed E-state index contributed by atoms with van der Waals surface area (Å²) in [5.41, 5.74) is 0. The number of aromatic nitrogens is 2. The van der Waals surface area contributed by atoms with Crippen LogP contribution in [-0.2, 0) is 6.42 Å². The second-order valence-electron chi connectivity index (χ2n) is 3.98. The zero-order valence-electron chi connectivity index (χ0n) is 8.65. The molecule has 0 amide bonds. The monoisotopic (exact) mass is 195 g/mol. The van der Waals surface area contributed by atoms with E-state index in [9.17, 15) is 0 Å². The van der Waals surface area contributed by atoms with Crippen molar-refractivity contribution in [2.45, 2.75) is 38.6 Å². The minimum atomic E-state index is 0.524. The molecule has 0 radical (unpaired) electrons. The molecule has 0 aliphatic carbocycles. The molecule has 1 atom stereocenters. The Balaban J connectivity index is 1.85. The first-order valence-corrected chi connectivity index (χ1v) is 5.35. The maximum absolute atomic E-state index is 5.15. The molecule has 0 spiro atoms. The average molecular weight is 195 g/mol. The van der Waals surface area contributed by atoms with Crippen LogP contribution in [0.25, 0.3) is 0 Å². The fourth-order valence-corrected chi connectivity index (χ4v) is 2.03. The van der Waals surface area contributed by atoms with E-state index in [0.717, 1.165) is 12.3 Å². The number of likely N-dealkylation sites (tertiary alicyclic amines) is 1. The van der Waals surface area contributed by atoms with Crippen molar-refractivity contribution in [3.63, 3.8) is 0 Å². The van der Waals surface area contributed by atoms with Gasteiger partial charge in [-0.25, -0.2) is 0 Å². The Bertz CT molecular complexity index is 254. The SMILES string of the molecule is CC(Cc1nnco1)N1CCCCC1. The lowest BCUT2D eigenvalue weighted by molar-refractivity contribution is 0.167. The van der Waals surface area contributed by atoms with E-state index in [4.69, 9.17) is 4.42 Å². The van der Waals surface area contributed by atoms with E-state index in [2.05, 4.69) is 22.0 Å². The van der Waals surface area contributed by atoms with Gasteiger partial charge in [0.15, 0.2) is 0 Å². The summed E-state index contributed by atoms with van der Waals surface area (Å²) in [6.07, 6.45) is 6.31. The molecule has 1 aliphatic rings. The van der Waals surface area contributed by atoms with Gasteiger partial charge in [0.1, 0.15) is 0 Å². The Morgan fingerprint density at radius 1 is 1.43 bits per heavy atom. The molecule has 0 aromatic carbocycles. The van der Waals surface area contributed by atoms with Crippen LogP contribution in [0.5, 0.6) is 0 Å². The van der Waals surface area contributed by atoms with E-state index in [1.165, 1.54) is 38.7 Å². The van der Waals surface area contributed by atoms with Gasteiger partial charge in [0, 0.05) is 12.5 Å². The molecule has 0 bridgehead atoms. The highest BCUT2D eigenvalue weighted by atomic mass is 16.4. The molecule has 14 heavy (non-hydrogen) atoms. The van der Waals surface area contributed by atoms with E-state index >= 15 is 0 Å². The van der Waals surface area contributed by atoms with Gasteiger partial charge in [-0.05, 0) is 32.9 Å². The van der Waals surface area contributed by atoms with E-state index < -0.39 is 0 Å². The van der Waals surface area contributed by atoms with Gasteiger partial charge in [-0.3, -0.25) is 0 Å². The van der Waals surface area contributed by atoms with Crippen molar-refractivity contribution in [2.24, 2.45) is 0 Å². The largest absolute Gasteiger partial charge is 0.428 e. The number of rotatable bonds is 3. The molecule has 0 N–H and O–H groups in total. The molecule has 1 unspecified atom stereocenters. The van der Waals surface area contributed by atoms with E-state index in [1.54, 1.807) is 0 Å². The van der Waals surface area contributed by atoms with Crippen molar-refractivity contribution in [3.05, 3.63) is 12.3 Å². The number of hydrogen-bond acceptors (Lipinski definition) is 4. The lowest BCUT2D eigenvalue weighted by Crippen LogP contribution is -2.38. The van der Waals surface area contributed by atoms with Crippen molar-refractivity contribution in [1.82, 2.24) is 15.1 Å². The van der Waals surface area contributed by atoms with Crippen LogP contribution in [-0.4, -0.2) is 34.2 Å². The van der Waals surface area contributed by atoms with Crippen LogP contribution in [0, 0.1) is 0 Å². The van der Waals surface area contributed by atoms with E-state index in [1.807, 2.05) is 0 Å². The van der Waals surface area contributed by atoms with Crippen LogP contribution in [0.15, 0.2) is 10.8 Å². The number of hydrogen-bond donors (Lipinski definition) is 0. The summed E-state index contributed by atoms with van der Waals surface area (Å²) < 4.78 is 5.15. The van der Waals surface area contributed by atoms with Crippen LogP contribution in [0.1, 0.15) is 32.1 Å². The molecule has 1 aliphatic heterocycles. The van der Waals surface area contributed by atoms with Crippen molar-refractivity contribution >= 4 is 0 Å². The van der Waals surface area contributed by atoms with Crippen molar-refractivity contribution in [2.75, 3.05) is 13.1 Å². The fourth-order valence-electron chi connectivity index (χ4n) is 2.03. The summed E-state index contributed by atoms with van der Waals surface area (Å²) in [5.74, 6) is 0.753. The summed E-state index contributed by atoms with van der Waals surface area (Å²) >= 11 is 0. The summed E-state index contributed by atoms with van der Waals surface area (Å²) in [5, 5.41) is 7.59. The van der Waals surface area contributed by atoms with Crippen LogP contribution in [0.2, 0.25) is 0 Å². The molecule has 0 saturated carbocycles. The highest BCUT2D eigenvalue weighted by Crippen LogP contribution is 2.14. The molecule has 4 nitrogen and oxygen atoms in total. The van der Waals surface area contributed by atoms with Gasteiger partial charge in [0.2, 0.25) is 12.3 Å². The maximum atomic E-state index is 5.15. The van der Waals surface area contributed by atoms with Crippen molar-refractivity contribution in [3.8, 4) is 0 Å². The molecule has 1 fully saturated rings. The topological polar surface area (TPSA) is 42.2 Å². The molecule has 1 aromatic heterocycles. The highest BCUT2D eigenvalue weighted by molar-refractivity contribution is 4.82. The van der Waals surface area contributed by atoms with Crippen LogP contribution >= 0.6 is 0 Å². The van der Waals surface area contributed by atoms with Crippen LogP contribution in [0.3, 0.4) is 0 Å². The van der Waals surface area contributed by atoms with E-state index in [0.29, 0.717) is 6.04 Å². The van der Waals surface area contributed by atoms with Crippen molar-refractivity contribution < 1.29 is 4.42 Å². The first-order chi connectivity index (χ1) is 6.86. The van der Waals surface area contributed by atoms with Gasteiger partial charge >= 0.3 is 0 Å². The molecule has 4 heteroatoms. The lowest BCUT2D eigenvalue weighted by Gasteiger charge is -2.31. The first kappa shape index (κ1) is 9.65. The highest BCUT2D eigenvalue weighted by Gasteiger charge is 2.18. The Labute approximate surface area is 84.3 Å². The molecule has 1 aromatic rings. The third kappa shape index (κ3) is 2.32. The standard InChI is InChI=1S/C10H17N3O/c1-9(7-10-12-11-8-14-10)13-5-3-2-4-6-13/h8-9H,2-7H2,1H3. The molecular formula is C10H17N3O. The van der Waals surface area contributed by atoms with Crippen molar-refractivity contribution in [1.29, 1.82) is 0 Å². The molecule has 2 rings (SSSR count). The van der Waals surface area contributed by atoms with Gasteiger partial charge in [-0.1, -0.05) is 6.42 Å². The number of nitrogens with zero attached hydrogens (tertiary/aromatic N) is 3. The third-order valence-corrected chi connectivity index (χ3v) is 2.89. The minimum Gasteiger partial charge on any atom is -0.428 e. The van der Waals surface area contributed by atoms with Gasteiger partial charge in [-0.15, -0.1) is 10.2 Å². The second-order valence-corrected chi connectivity index (χ2v) is 3.98. The fraction of sp³-hybridized carbons (Fsp3) is 0.800. The Morgan fingerprint density at radius 3 is 2.86 bits per heavy atom. The average Bonchev–Trinajstić information content (AvgIpc) is 2.72. The maximum Gasteiger partial charge on any atom is 0.217 e. The summed E-state index contributed by atoms with van der Waals surface area (Å²) in [7, 11) is 0. The minimum absolute atomic E-state index is 0.524. The first-order valence-electron chi connectivity index (χ1n) is 5.35. The van der Waals surface area contributed by atoms with E-state index in [-0.39, 0.29) is 0 Å². The Kier molecular flexibility index (Phi) is 3.14. The zero-order valence-corrected chi connectivity index (χ0v) is 8.65. The van der Waals surface area contributed by atoms with Crippen LogP contribution in [0.4, 0.5) is 0 Å². The van der Waals surface area contributed by atoms with Crippen LogP contribution < -0.4 is 0 Å². The Morgan fingerprint density at radius 2 is 2.21 bits per heavy atom. The predicted octanol–water partition coefficient (Wildman–Crippen LogP) is 1.49. The molecular weight excluding hydrogens is 178 g/mol. The zero-order chi connectivity index (χ0) is 9.80. The summed E-state index contributed by atoms with van der Waals surface area (Å²) in [6.45, 7) is 4.67. The summed E-state index contributed by atoms with van der Waals surface area (Å²) in [6, 6.07) is 0.524. The summed E-state index contributed by atoms with van der Waals surface area (Å²) in [4.78, 5) is 2.51. The predicted molar refractivity (Wildman–Crippen MR) is 52.9 cm³/mol. The normalized spacial score (nSPS) is 20.9. The smallest absolute Gasteiger partial charge is 0.217 e. The lowest BCUT2D eigenvalue weighted by atomic mass is 10.1. The Hall–Kier alpha value is -0.900. The molecule has 2 heterocycles. The molecule has 78 valence electrons. The third-order valence-electron chi connectivity index (χ3n) is 2.89. The van der Waals surface area contributed by atoms with Gasteiger partial charge in [-0.2, -0.15) is 0 Å². The van der Waals surface area contributed by atoms with Gasteiger partial charge in [0.25, 0.3) is 0 Å². The second kappa shape index (κ2) is 4.55. The number of piperidine rings is 1. The van der Waals surface area contributed by atoms with Gasteiger partial charge in [0.05, 0.1) is 0 Å². The molecule has 1 saturated heterocycles.